The van der Waals surface area contributed by atoms with Gasteiger partial charge in [-0.15, -0.1) is 0 Å². The van der Waals surface area contributed by atoms with Gasteiger partial charge in [0.2, 0.25) is 0 Å². The van der Waals surface area contributed by atoms with Gasteiger partial charge in [0.25, 0.3) is 0 Å². The molecule has 1 aromatic rings. The molecule has 4 heteroatoms. The average molecular weight is 176 g/mol. The molecule has 2 atom stereocenters. The minimum absolute atomic E-state index is 0.383. The van der Waals surface area contributed by atoms with Crippen molar-refractivity contribution in [3.05, 3.63) is 11.8 Å². The fourth-order valence-corrected chi connectivity index (χ4v) is 1.83. The Morgan fingerprint density at radius 3 is 3.15 bits per heavy atom. The van der Waals surface area contributed by atoms with E-state index in [-0.39, 0.29) is 0 Å². The Balaban J connectivity index is 2.47. The van der Waals surface area contributed by atoms with Crippen LogP contribution in [0.25, 0.3) is 0 Å². The summed E-state index contributed by atoms with van der Waals surface area (Å²) in [4.78, 5) is 0. The zero-order chi connectivity index (χ0) is 9.42. The van der Waals surface area contributed by atoms with Gasteiger partial charge in [-0.2, -0.15) is 10.4 Å². The molecule has 13 heavy (non-hydrogen) atoms. The fraction of sp³-hybridized carbons (Fsp3) is 0.556. The second-order valence-electron chi connectivity index (χ2n) is 3.59. The third-order valence-electron chi connectivity index (χ3n) is 2.41. The molecule has 0 unspecified atom stereocenters. The lowest BCUT2D eigenvalue weighted by Crippen LogP contribution is -2.29. The van der Waals surface area contributed by atoms with Gasteiger partial charge in [0.1, 0.15) is 17.5 Å². The molecule has 4 nitrogen and oxygen atoms in total. The van der Waals surface area contributed by atoms with Crippen LogP contribution in [0.1, 0.15) is 31.9 Å². The lowest BCUT2D eigenvalue weighted by Gasteiger charge is -2.27. The van der Waals surface area contributed by atoms with E-state index in [1.165, 1.54) is 0 Å². The minimum atomic E-state index is 0.383. The first-order valence-electron chi connectivity index (χ1n) is 4.46. The molecule has 0 spiro atoms. The van der Waals surface area contributed by atoms with Gasteiger partial charge in [0, 0.05) is 6.04 Å². The van der Waals surface area contributed by atoms with Crippen LogP contribution in [-0.4, -0.2) is 15.8 Å². The molecule has 0 fully saturated rings. The van der Waals surface area contributed by atoms with E-state index in [0.717, 1.165) is 12.2 Å². The molecule has 1 N–H and O–H groups in total. The van der Waals surface area contributed by atoms with Crippen molar-refractivity contribution in [2.24, 2.45) is 0 Å². The van der Waals surface area contributed by atoms with Crippen LogP contribution in [0, 0.1) is 11.3 Å². The maximum Gasteiger partial charge on any atom is 0.142 e. The summed E-state index contributed by atoms with van der Waals surface area (Å²) >= 11 is 0. The highest BCUT2D eigenvalue weighted by atomic mass is 15.4. The SMILES string of the molecule is C[C@@H]1C[C@H](C)Nc2c(C#N)cnn21. The number of anilines is 1. The number of hydrogen-bond donors (Lipinski definition) is 1. The largest absolute Gasteiger partial charge is 0.367 e. The fourth-order valence-electron chi connectivity index (χ4n) is 1.83. The second-order valence-corrected chi connectivity index (χ2v) is 3.59. The van der Waals surface area contributed by atoms with Crippen molar-refractivity contribution in [3.8, 4) is 6.07 Å². The Kier molecular flexibility index (Phi) is 1.73. The summed E-state index contributed by atoms with van der Waals surface area (Å²) < 4.78 is 1.89. The van der Waals surface area contributed by atoms with E-state index in [2.05, 4.69) is 30.3 Å². The van der Waals surface area contributed by atoms with E-state index < -0.39 is 0 Å². The second kappa shape index (κ2) is 2.77. The lowest BCUT2D eigenvalue weighted by atomic mass is 10.1. The highest BCUT2D eigenvalue weighted by molar-refractivity contribution is 5.53. The predicted molar refractivity (Wildman–Crippen MR) is 49.4 cm³/mol. The number of rotatable bonds is 0. The molecule has 0 amide bonds. The van der Waals surface area contributed by atoms with Crippen LogP contribution < -0.4 is 5.32 Å². The molecular weight excluding hydrogens is 164 g/mol. The van der Waals surface area contributed by atoms with Gasteiger partial charge >= 0.3 is 0 Å². The standard InChI is InChI=1S/C9H12N4/c1-6-3-7(2)13-9(12-6)8(4-10)5-11-13/h5-7,12H,3H2,1-2H3/t6-,7+/m0/s1. The van der Waals surface area contributed by atoms with Gasteiger partial charge in [-0.3, -0.25) is 0 Å². The molecule has 2 rings (SSSR count). The molecule has 0 aromatic carbocycles. The van der Waals surface area contributed by atoms with Crippen LogP contribution in [0.4, 0.5) is 5.82 Å². The molecular formula is C9H12N4. The van der Waals surface area contributed by atoms with Gasteiger partial charge in [-0.25, -0.2) is 4.68 Å². The zero-order valence-corrected chi connectivity index (χ0v) is 7.78. The number of aromatic nitrogens is 2. The predicted octanol–water partition coefficient (Wildman–Crippen LogP) is 1.52. The molecule has 0 saturated heterocycles. The Bertz CT molecular complexity index is 360. The van der Waals surface area contributed by atoms with Crippen molar-refractivity contribution in [1.29, 1.82) is 5.26 Å². The topological polar surface area (TPSA) is 53.6 Å². The van der Waals surface area contributed by atoms with Crippen molar-refractivity contribution in [3.63, 3.8) is 0 Å². The van der Waals surface area contributed by atoms with Crippen LogP contribution in [0.5, 0.6) is 0 Å². The van der Waals surface area contributed by atoms with E-state index in [1.807, 2.05) is 4.68 Å². The maximum absolute atomic E-state index is 8.81. The third kappa shape index (κ3) is 1.17. The average Bonchev–Trinajstić information content (AvgIpc) is 2.47. The Hall–Kier alpha value is -1.50. The Labute approximate surface area is 77.2 Å². The van der Waals surface area contributed by atoms with E-state index in [4.69, 9.17) is 5.26 Å². The summed E-state index contributed by atoms with van der Waals surface area (Å²) in [5.74, 6) is 0.869. The minimum Gasteiger partial charge on any atom is -0.367 e. The quantitative estimate of drug-likeness (QED) is 0.652. The number of nitrogens with one attached hydrogen (secondary N) is 1. The summed E-state index contributed by atoms with van der Waals surface area (Å²) in [7, 11) is 0. The molecule has 0 bridgehead atoms. The van der Waals surface area contributed by atoms with Gasteiger partial charge < -0.3 is 5.32 Å². The monoisotopic (exact) mass is 176 g/mol. The molecule has 1 aliphatic rings. The van der Waals surface area contributed by atoms with Gasteiger partial charge in [0.05, 0.1) is 12.2 Å². The molecule has 0 saturated carbocycles. The summed E-state index contributed by atoms with van der Waals surface area (Å²) in [6.45, 7) is 4.24. The van der Waals surface area contributed by atoms with Gasteiger partial charge in [0.15, 0.2) is 0 Å². The molecule has 1 aliphatic heterocycles. The van der Waals surface area contributed by atoms with Gasteiger partial charge in [-0.1, -0.05) is 0 Å². The smallest absolute Gasteiger partial charge is 0.142 e. The van der Waals surface area contributed by atoms with E-state index in [1.54, 1.807) is 6.20 Å². The zero-order valence-electron chi connectivity index (χ0n) is 7.78. The molecule has 2 heterocycles. The Morgan fingerprint density at radius 2 is 2.46 bits per heavy atom. The number of nitrogens with zero attached hydrogens (tertiary/aromatic N) is 3. The van der Waals surface area contributed by atoms with Crippen LogP contribution in [-0.2, 0) is 0 Å². The summed E-state index contributed by atoms with van der Waals surface area (Å²) in [6.07, 6.45) is 2.68. The highest BCUT2D eigenvalue weighted by Gasteiger charge is 2.23. The first-order chi connectivity index (χ1) is 6.22. The van der Waals surface area contributed by atoms with Gasteiger partial charge in [-0.05, 0) is 20.3 Å². The van der Waals surface area contributed by atoms with Crippen molar-refractivity contribution in [2.75, 3.05) is 5.32 Å². The number of fused-ring (bicyclic) bond motifs is 1. The Morgan fingerprint density at radius 1 is 1.69 bits per heavy atom. The van der Waals surface area contributed by atoms with E-state index >= 15 is 0 Å². The van der Waals surface area contributed by atoms with Crippen LogP contribution in [0.15, 0.2) is 6.20 Å². The van der Waals surface area contributed by atoms with Crippen LogP contribution in [0.3, 0.4) is 0 Å². The molecule has 0 aliphatic carbocycles. The first kappa shape index (κ1) is 8.11. The molecule has 68 valence electrons. The van der Waals surface area contributed by atoms with Crippen LogP contribution >= 0.6 is 0 Å². The van der Waals surface area contributed by atoms with Crippen molar-refractivity contribution >= 4 is 5.82 Å². The number of nitriles is 1. The van der Waals surface area contributed by atoms with Crippen molar-refractivity contribution in [2.45, 2.75) is 32.4 Å². The highest BCUT2D eigenvalue weighted by Crippen LogP contribution is 2.28. The maximum atomic E-state index is 8.81. The summed E-state index contributed by atoms with van der Waals surface area (Å²) in [5, 5.41) is 16.3. The summed E-state index contributed by atoms with van der Waals surface area (Å²) in [5.41, 5.74) is 0.637. The van der Waals surface area contributed by atoms with Crippen LogP contribution in [0.2, 0.25) is 0 Å². The first-order valence-corrected chi connectivity index (χ1v) is 4.46. The van der Waals surface area contributed by atoms with E-state index in [0.29, 0.717) is 17.6 Å². The third-order valence-corrected chi connectivity index (χ3v) is 2.41. The normalized spacial score (nSPS) is 25.9. The van der Waals surface area contributed by atoms with E-state index in [9.17, 15) is 0 Å². The number of hydrogen-bond acceptors (Lipinski definition) is 3. The van der Waals surface area contributed by atoms with Crippen molar-refractivity contribution in [1.82, 2.24) is 9.78 Å². The lowest BCUT2D eigenvalue weighted by molar-refractivity contribution is 0.414. The summed E-state index contributed by atoms with van der Waals surface area (Å²) in [6, 6.07) is 2.94. The molecule has 1 aromatic heterocycles. The van der Waals surface area contributed by atoms with Crippen molar-refractivity contribution < 1.29 is 0 Å². The molecule has 0 radical (unpaired) electrons.